The van der Waals surface area contributed by atoms with Gasteiger partial charge in [-0.2, -0.15) is 0 Å². The Kier molecular flexibility index (Phi) is 5.40. The highest BCUT2D eigenvalue weighted by Gasteiger charge is 2.20. The summed E-state index contributed by atoms with van der Waals surface area (Å²) >= 11 is 0. The summed E-state index contributed by atoms with van der Waals surface area (Å²) < 4.78 is 19.9. The number of aryl methyl sites for hydroxylation is 1. The second kappa shape index (κ2) is 7.71. The predicted molar refractivity (Wildman–Crippen MR) is 90.2 cm³/mol. The molecule has 1 aromatic carbocycles. The maximum absolute atomic E-state index is 13.0. The molecule has 1 N–H and O–H groups in total. The van der Waals surface area contributed by atoms with Gasteiger partial charge in [0.05, 0.1) is 18.9 Å². The van der Waals surface area contributed by atoms with E-state index >= 15 is 0 Å². The number of carbonyl (C=O) groups is 1. The van der Waals surface area contributed by atoms with Crippen molar-refractivity contribution >= 4 is 5.91 Å². The Hall–Kier alpha value is -2.32. The van der Waals surface area contributed by atoms with Crippen LogP contribution in [0.15, 0.2) is 24.3 Å². The topological polar surface area (TPSA) is 72.3 Å². The van der Waals surface area contributed by atoms with Crippen molar-refractivity contribution in [2.45, 2.75) is 19.9 Å². The first-order chi connectivity index (χ1) is 12.0. The number of morpholine rings is 1. The molecule has 1 atom stereocenters. The fourth-order valence-electron chi connectivity index (χ4n) is 2.78. The number of carbonyl (C=O) groups excluding carboxylic acids is 1. The second-order valence-corrected chi connectivity index (χ2v) is 6.08. The molecule has 1 aromatic heterocycles. The molecular weight excluding hydrogens is 325 g/mol. The van der Waals surface area contributed by atoms with Crippen LogP contribution in [0.25, 0.3) is 5.69 Å². The maximum Gasteiger partial charge on any atom is 0.291 e. The monoisotopic (exact) mass is 347 g/mol. The summed E-state index contributed by atoms with van der Waals surface area (Å²) in [5.74, 6) is 0.0367. The van der Waals surface area contributed by atoms with Gasteiger partial charge in [0.25, 0.3) is 5.91 Å². The molecule has 2 heterocycles. The molecule has 1 aliphatic rings. The molecule has 0 aliphatic carbocycles. The number of nitrogens with zero attached hydrogens (tertiary/aromatic N) is 4. The SMILES string of the molecule is Cc1nc(C(=O)NCC(C)N2CCOCC2)nn1-c1ccc(F)cc1. The standard InChI is InChI=1S/C17H22FN5O2/c1-12(22-7-9-25-10-8-22)11-19-17(24)16-20-13(2)23(21-16)15-5-3-14(18)4-6-15/h3-6,12H,7-11H2,1-2H3,(H,19,24). The summed E-state index contributed by atoms with van der Waals surface area (Å²) in [7, 11) is 0. The van der Waals surface area contributed by atoms with Crippen molar-refractivity contribution in [2.24, 2.45) is 0 Å². The van der Waals surface area contributed by atoms with Gasteiger partial charge in [-0.15, -0.1) is 5.10 Å². The quantitative estimate of drug-likeness (QED) is 0.879. The van der Waals surface area contributed by atoms with Gasteiger partial charge >= 0.3 is 0 Å². The molecule has 25 heavy (non-hydrogen) atoms. The number of aromatic nitrogens is 3. The van der Waals surface area contributed by atoms with Crippen molar-refractivity contribution in [1.82, 2.24) is 25.0 Å². The van der Waals surface area contributed by atoms with E-state index in [9.17, 15) is 9.18 Å². The summed E-state index contributed by atoms with van der Waals surface area (Å²) in [5.41, 5.74) is 0.659. The second-order valence-electron chi connectivity index (χ2n) is 6.08. The fraction of sp³-hybridized carbons (Fsp3) is 0.471. The molecule has 0 radical (unpaired) electrons. The number of halogens is 1. The van der Waals surface area contributed by atoms with Crippen molar-refractivity contribution < 1.29 is 13.9 Å². The van der Waals surface area contributed by atoms with Crippen LogP contribution in [0.1, 0.15) is 23.4 Å². The summed E-state index contributed by atoms with van der Waals surface area (Å²) in [6.45, 7) is 7.53. The molecule has 2 aromatic rings. The van der Waals surface area contributed by atoms with E-state index in [4.69, 9.17) is 4.74 Å². The first kappa shape index (κ1) is 17.5. The van der Waals surface area contributed by atoms with Crippen molar-refractivity contribution in [3.8, 4) is 5.69 Å². The van der Waals surface area contributed by atoms with E-state index in [1.165, 1.54) is 16.8 Å². The Morgan fingerprint density at radius 2 is 2.00 bits per heavy atom. The number of ether oxygens (including phenoxy) is 1. The van der Waals surface area contributed by atoms with E-state index in [0.717, 1.165) is 26.3 Å². The van der Waals surface area contributed by atoms with Gasteiger partial charge in [-0.25, -0.2) is 14.1 Å². The van der Waals surface area contributed by atoms with Gasteiger partial charge in [0.2, 0.25) is 5.82 Å². The number of hydrogen-bond donors (Lipinski definition) is 1. The Balaban J connectivity index is 1.62. The summed E-state index contributed by atoms with van der Waals surface area (Å²) in [6.07, 6.45) is 0. The Labute approximate surface area is 145 Å². The maximum atomic E-state index is 13.0. The zero-order chi connectivity index (χ0) is 17.8. The first-order valence-electron chi connectivity index (χ1n) is 8.34. The van der Waals surface area contributed by atoms with Gasteiger partial charge in [0, 0.05) is 25.7 Å². The molecule has 1 amide bonds. The van der Waals surface area contributed by atoms with Crippen molar-refractivity contribution in [1.29, 1.82) is 0 Å². The van der Waals surface area contributed by atoms with Crippen LogP contribution in [0.4, 0.5) is 4.39 Å². The normalized spacial score (nSPS) is 16.6. The lowest BCUT2D eigenvalue weighted by molar-refractivity contribution is 0.0204. The van der Waals surface area contributed by atoms with Crippen LogP contribution in [0.5, 0.6) is 0 Å². The molecule has 7 nitrogen and oxygen atoms in total. The molecule has 1 fully saturated rings. The summed E-state index contributed by atoms with van der Waals surface area (Å²) in [5, 5.41) is 7.11. The lowest BCUT2D eigenvalue weighted by Crippen LogP contribution is -2.47. The van der Waals surface area contributed by atoms with E-state index in [1.54, 1.807) is 19.1 Å². The zero-order valence-electron chi connectivity index (χ0n) is 14.4. The van der Waals surface area contributed by atoms with E-state index < -0.39 is 0 Å². The van der Waals surface area contributed by atoms with E-state index in [-0.39, 0.29) is 23.6 Å². The highest BCUT2D eigenvalue weighted by molar-refractivity contribution is 5.90. The van der Waals surface area contributed by atoms with Gasteiger partial charge in [0.1, 0.15) is 11.6 Å². The summed E-state index contributed by atoms with van der Waals surface area (Å²) in [6, 6.07) is 6.10. The van der Waals surface area contributed by atoms with Gasteiger partial charge in [-0.1, -0.05) is 0 Å². The molecule has 0 saturated carbocycles. The minimum atomic E-state index is -0.323. The Bertz CT molecular complexity index is 725. The minimum absolute atomic E-state index is 0.107. The predicted octanol–water partition coefficient (Wildman–Crippen LogP) is 1.17. The lowest BCUT2D eigenvalue weighted by atomic mass is 10.2. The number of benzene rings is 1. The smallest absolute Gasteiger partial charge is 0.291 e. The average molecular weight is 347 g/mol. The molecular formula is C17H22FN5O2. The molecule has 134 valence electrons. The van der Waals surface area contributed by atoms with Crippen LogP contribution in [-0.4, -0.2) is 64.5 Å². The number of hydrogen-bond acceptors (Lipinski definition) is 5. The lowest BCUT2D eigenvalue weighted by Gasteiger charge is -2.32. The summed E-state index contributed by atoms with van der Waals surface area (Å²) in [4.78, 5) is 18.8. The molecule has 0 bridgehead atoms. The Morgan fingerprint density at radius 3 is 2.68 bits per heavy atom. The number of nitrogens with one attached hydrogen (secondary N) is 1. The van der Waals surface area contributed by atoms with Crippen LogP contribution in [-0.2, 0) is 4.74 Å². The average Bonchev–Trinajstić information content (AvgIpc) is 3.02. The van der Waals surface area contributed by atoms with E-state index in [2.05, 4.69) is 27.2 Å². The molecule has 1 saturated heterocycles. The number of rotatable bonds is 5. The minimum Gasteiger partial charge on any atom is -0.379 e. The largest absolute Gasteiger partial charge is 0.379 e. The molecule has 1 unspecified atom stereocenters. The third kappa shape index (κ3) is 4.21. The van der Waals surface area contributed by atoms with Crippen LogP contribution >= 0.6 is 0 Å². The van der Waals surface area contributed by atoms with Crippen molar-refractivity contribution in [2.75, 3.05) is 32.8 Å². The van der Waals surface area contributed by atoms with Gasteiger partial charge in [-0.3, -0.25) is 9.69 Å². The van der Waals surface area contributed by atoms with Crippen LogP contribution < -0.4 is 5.32 Å². The van der Waals surface area contributed by atoms with Crippen molar-refractivity contribution in [3.63, 3.8) is 0 Å². The van der Waals surface area contributed by atoms with E-state index in [1.807, 2.05) is 0 Å². The third-order valence-corrected chi connectivity index (χ3v) is 4.27. The van der Waals surface area contributed by atoms with Gasteiger partial charge in [0.15, 0.2) is 0 Å². The first-order valence-corrected chi connectivity index (χ1v) is 8.34. The molecule has 8 heteroatoms. The van der Waals surface area contributed by atoms with Gasteiger partial charge < -0.3 is 10.1 Å². The van der Waals surface area contributed by atoms with E-state index in [0.29, 0.717) is 18.1 Å². The van der Waals surface area contributed by atoms with Crippen LogP contribution in [0.3, 0.4) is 0 Å². The zero-order valence-corrected chi connectivity index (χ0v) is 14.4. The van der Waals surface area contributed by atoms with Crippen LogP contribution in [0, 0.1) is 12.7 Å². The van der Waals surface area contributed by atoms with Crippen LogP contribution in [0.2, 0.25) is 0 Å². The van der Waals surface area contributed by atoms with Gasteiger partial charge in [-0.05, 0) is 38.1 Å². The third-order valence-electron chi connectivity index (χ3n) is 4.27. The highest BCUT2D eigenvalue weighted by atomic mass is 19.1. The fourth-order valence-corrected chi connectivity index (χ4v) is 2.78. The highest BCUT2D eigenvalue weighted by Crippen LogP contribution is 2.11. The molecule has 1 aliphatic heterocycles. The number of amides is 1. The molecule has 0 spiro atoms. The molecule has 3 rings (SSSR count). The Morgan fingerprint density at radius 1 is 1.32 bits per heavy atom. The van der Waals surface area contributed by atoms with Crippen molar-refractivity contribution in [3.05, 3.63) is 41.7 Å².